The lowest BCUT2D eigenvalue weighted by Crippen LogP contribution is -2.44. The van der Waals surface area contributed by atoms with Gasteiger partial charge in [0.25, 0.3) is 0 Å². The van der Waals surface area contributed by atoms with Crippen molar-refractivity contribution in [3.63, 3.8) is 0 Å². The summed E-state index contributed by atoms with van der Waals surface area (Å²) in [5.74, 6) is 0. The van der Waals surface area contributed by atoms with Crippen LogP contribution in [0.4, 0.5) is 4.79 Å². The minimum absolute atomic E-state index is 0.281. The second-order valence-corrected chi connectivity index (χ2v) is 5.28. The first-order valence-corrected chi connectivity index (χ1v) is 6.14. The van der Waals surface area contributed by atoms with E-state index in [1.807, 2.05) is 0 Å². The van der Waals surface area contributed by atoms with E-state index < -0.39 is 17.8 Å². The third kappa shape index (κ3) is 8.94. The Morgan fingerprint density at radius 3 is 2.41 bits per heavy atom. The second kappa shape index (κ2) is 7.50. The number of nitrogens with two attached hydrogens (primary N) is 1. The van der Waals surface area contributed by atoms with Crippen molar-refractivity contribution in [3.8, 4) is 0 Å². The van der Waals surface area contributed by atoms with Gasteiger partial charge in [-0.3, -0.25) is 0 Å². The number of aliphatic hydroxyl groups excluding tert-OH is 1. The summed E-state index contributed by atoms with van der Waals surface area (Å²) in [5.41, 5.74) is 4.88. The first-order valence-electron chi connectivity index (χ1n) is 6.14. The van der Waals surface area contributed by atoms with Crippen molar-refractivity contribution in [1.29, 1.82) is 0 Å². The fourth-order valence-corrected chi connectivity index (χ4v) is 1.40. The molecule has 0 aromatic carbocycles. The third-order valence-corrected chi connectivity index (χ3v) is 2.25. The van der Waals surface area contributed by atoms with Crippen molar-refractivity contribution >= 4 is 6.09 Å². The minimum Gasteiger partial charge on any atom is -0.444 e. The predicted molar refractivity (Wildman–Crippen MR) is 67.7 cm³/mol. The molecule has 17 heavy (non-hydrogen) atoms. The number of alkyl carbamates (subject to hydrolysis) is 1. The molecular weight excluding hydrogens is 220 g/mol. The number of hydrogen-bond donors (Lipinski definition) is 3. The Labute approximate surface area is 104 Å². The van der Waals surface area contributed by atoms with Gasteiger partial charge in [0, 0.05) is 0 Å². The first kappa shape index (κ1) is 16.2. The average molecular weight is 246 g/mol. The number of carbonyl (C=O) groups is 1. The Bertz CT molecular complexity index is 224. The van der Waals surface area contributed by atoms with E-state index in [2.05, 4.69) is 5.32 Å². The van der Waals surface area contributed by atoms with Gasteiger partial charge in [-0.2, -0.15) is 0 Å². The van der Waals surface area contributed by atoms with Crippen LogP contribution in [0.25, 0.3) is 0 Å². The summed E-state index contributed by atoms with van der Waals surface area (Å²) in [6, 6.07) is -0.281. The zero-order valence-electron chi connectivity index (χ0n) is 11.3. The number of rotatable bonds is 6. The Balaban J connectivity index is 4.11. The number of nitrogens with one attached hydrogen (secondary N) is 1. The molecule has 5 nitrogen and oxygen atoms in total. The van der Waals surface area contributed by atoms with E-state index in [1.165, 1.54) is 0 Å². The Morgan fingerprint density at radius 1 is 1.41 bits per heavy atom. The fraction of sp³-hybridized carbons (Fsp3) is 0.917. The molecule has 0 rings (SSSR count). The normalized spacial score (nSPS) is 15.2. The summed E-state index contributed by atoms with van der Waals surface area (Å²) in [5, 5.41) is 12.2. The maximum absolute atomic E-state index is 11.5. The van der Waals surface area contributed by atoms with Gasteiger partial charge >= 0.3 is 6.09 Å². The topological polar surface area (TPSA) is 84.6 Å². The fourth-order valence-electron chi connectivity index (χ4n) is 1.40. The molecule has 102 valence electrons. The highest BCUT2D eigenvalue weighted by molar-refractivity contribution is 5.68. The molecular formula is C12H26N2O3. The van der Waals surface area contributed by atoms with E-state index in [9.17, 15) is 9.90 Å². The van der Waals surface area contributed by atoms with E-state index in [0.717, 1.165) is 12.8 Å². The zero-order chi connectivity index (χ0) is 13.5. The molecule has 0 fully saturated rings. The summed E-state index contributed by atoms with van der Waals surface area (Å²) in [6.07, 6.45) is 1.38. The van der Waals surface area contributed by atoms with Crippen molar-refractivity contribution in [3.05, 3.63) is 0 Å². The average Bonchev–Trinajstić information content (AvgIpc) is 2.13. The summed E-state index contributed by atoms with van der Waals surface area (Å²) in [7, 11) is 0. The molecule has 1 unspecified atom stereocenters. The molecule has 5 heteroatoms. The molecule has 0 aliphatic rings. The highest BCUT2D eigenvalue weighted by Gasteiger charge is 2.21. The summed E-state index contributed by atoms with van der Waals surface area (Å²) in [6.45, 7) is 7.69. The smallest absolute Gasteiger partial charge is 0.407 e. The van der Waals surface area contributed by atoms with Crippen molar-refractivity contribution in [1.82, 2.24) is 5.32 Å². The molecule has 0 bridgehead atoms. The van der Waals surface area contributed by atoms with Crippen LogP contribution in [-0.2, 0) is 4.74 Å². The third-order valence-electron chi connectivity index (χ3n) is 2.25. The molecule has 0 radical (unpaired) electrons. The van der Waals surface area contributed by atoms with Crippen LogP contribution in [0, 0.1) is 0 Å². The van der Waals surface area contributed by atoms with Gasteiger partial charge in [0.2, 0.25) is 0 Å². The van der Waals surface area contributed by atoms with E-state index in [1.54, 1.807) is 27.7 Å². The quantitative estimate of drug-likeness (QED) is 0.618. The monoisotopic (exact) mass is 246 g/mol. The maximum atomic E-state index is 11.5. The highest BCUT2D eigenvalue weighted by Crippen LogP contribution is 2.09. The number of aliphatic hydroxyl groups is 1. The van der Waals surface area contributed by atoms with Crippen LogP contribution in [0.2, 0.25) is 0 Å². The van der Waals surface area contributed by atoms with Gasteiger partial charge in [-0.1, -0.05) is 6.42 Å². The highest BCUT2D eigenvalue weighted by atomic mass is 16.6. The van der Waals surface area contributed by atoms with E-state index in [0.29, 0.717) is 13.0 Å². The number of carbonyl (C=O) groups excluding carboxylic acids is 1. The summed E-state index contributed by atoms with van der Waals surface area (Å²) >= 11 is 0. The number of unbranched alkanes of at least 4 members (excludes halogenated alkanes) is 1. The predicted octanol–water partition coefficient (Wildman–Crippen LogP) is 1.39. The molecule has 0 heterocycles. The van der Waals surface area contributed by atoms with E-state index in [4.69, 9.17) is 10.5 Å². The van der Waals surface area contributed by atoms with Crippen LogP contribution >= 0.6 is 0 Å². The van der Waals surface area contributed by atoms with Crippen molar-refractivity contribution in [2.24, 2.45) is 5.73 Å². The van der Waals surface area contributed by atoms with Crippen LogP contribution < -0.4 is 11.1 Å². The molecule has 0 aliphatic heterocycles. The Hall–Kier alpha value is -0.810. The molecule has 2 atom stereocenters. The molecule has 1 amide bonds. The van der Waals surface area contributed by atoms with Crippen LogP contribution in [0.5, 0.6) is 0 Å². The van der Waals surface area contributed by atoms with Crippen LogP contribution in [0.3, 0.4) is 0 Å². The van der Waals surface area contributed by atoms with Gasteiger partial charge in [-0.05, 0) is 47.1 Å². The molecule has 0 saturated heterocycles. The van der Waals surface area contributed by atoms with Gasteiger partial charge in [0.1, 0.15) is 5.60 Å². The number of amides is 1. The molecule has 0 spiro atoms. The van der Waals surface area contributed by atoms with Gasteiger partial charge < -0.3 is 20.9 Å². The Morgan fingerprint density at radius 2 is 2.00 bits per heavy atom. The lowest BCUT2D eigenvalue weighted by atomic mass is 10.1. The van der Waals surface area contributed by atoms with Crippen LogP contribution in [0.1, 0.15) is 47.0 Å². The second-order valence-electron chi connectivity index (χ2n) is 5.28. The summed E-state index contributed by atoms with van der Waals surface area (Å²) < 4.78 is 5.14. The van der Waals surface area contributed by atoms with Gasteiger partial charge in [0.15, 0.2) is 0 Å². The molecule has 0 saturated carbocycles. The number of ether oxygens (including phenoxy) is 1. The molecule has 0 aromatic rings. The largest absolute Gasteiger partial charge is 0.444 e. The lowest BCUT2D eigenvalue weighted by molar-refractivity contribution is 0.0429. The number of hydrogen-bond acceptors (Lipinski definition) is 4. The van der Waals surface area contributed by atoms with Gasteiger partial charge in [-0.25, -0.2) is 4.79 Å². The standard InChI is InChI=1S/C12H26N2O3/c1-9(15)10(7-5-6-8-13)14-11(16)17-12(2,3)4/h9-10,15H,5-8,13H2,1-4H3,(H,14,16)/t9-,10?/m0/s1. The zero-order valence-corrected chi connectivity index (χ0v) is 11.3. The minimum atomic E-state index is -0.597. The molecule has 4 N–H and O–H groups in total. The Kier molecular flexibility index (Phi) is 7.15. The van der Waals surface area contributed by atoms with Crippen LogP contribution in [-0.4, -0.2) is 35.5 Å². The van der Waals surface area contributed by atoms with Gasteiger partial charge in [0.05, 0.1) is 12.1 Å². The van der Waals surface area contributed by atoms with Crippen LogP contribution in [0.15, 0.2) is 0 Å². The molecule has 0 aromatic heterocycles. The maximum Gasteiger partial charge on any atom is 0.407 e. The van der Waals surface area contributed by atoms with Crippen molar-refractivity contribution in [2.75, 3.05) is 6.54 Å². The van der Waals surface area contributed by atoms with Crippen molar-refractivity contribution < 1.29 is 14.6 Å². The van der Waals surface area contributed by atoms with Gasteiger partial charge in [-0.15, -0.1) is 0 Å². The first-order chi connectivity index (χ1) is 7.76. The molecule has 0 aliphatic carbocycles. The van der Waals surface area contributed by atoms with Crippen molar-refractivity contribution in [2.45, 2.75) is 64.7 Å². The summed E-state index contributed by atoms with van der Waals surface area (Å²) in [4.78, 5) is 11.5. The lowest BCUT2D eigenvalue weighted by Gasteiger charge is -2.25. The SMILES string of the molecule is C[C@H](O)C(CCCCN)NC(=O)OC(C)(C)C. The van der Waals surface area contributed by atoms with E-state index in [-0.39, 0.29) is 6.04 Å². The van der Waals surface area contributed by atoms with E-state index >= 15 is 0 Å².